The summed E-state index contributed by atoms with van der Waals surface area (Å²) in [6, 6.07) is 0. The SMILES string of the molecule is CCC1CCC(Sc2nc(C)nc(C)c2C(=O)O)CC1. The molecule has 0 atom stereocenters. The van der Waals surface area contributed by atoms with Crippen molar-refractivity contribution in [2.75, 3.05) is 0 Å². The van der Waals surface area contributed by atoms with Crippen molar-refractivity contribution >= 4 is 17.7 Å². The third-order valence-electron chi connectivity index (χ3n) is 4.03. The number of aromatic nitrogens is 2. The van der Waals surface area contributed by atoms with Gasteiger partial charge in [-0.3, -0.25) is 0 Å². The smallest absolute Gasteiger partial charge is 0.340 e. The van der Waals surface area contributed by atoms with E-state index in [9.17, 15) is 9.90 Å². The Bertz CT molecular complexity index is 497. The quantitative estimate of drug-likeness (QED) is 0.854. The maximum Gasteiger partial charge on any atom is 0.340 e. The standard InChI is InChI=1S/C15H22N2O2S/c1-4-11-5-7-12(8-6-11)20-14-13(15(18)19)9(2)16-10(3)17-14/h11-12H,4-8H2,1-3H3,(H,18,19). The third kappa shape index (κ3) is 3.51. The van der Waals surface area contributed by atoms with Crippen LogP contribution in [0.25, 0.3) is 0 Å². The summed E-state index contributed by atoms with van der Waals surface area (Å²) in [7, 11) is 0. The molecule has 20 heavy (non-hydrogen) atoms. The van der Waals surface area contributed by atoms with Crippen LogP contribution in [0.4, 0.5) is 0 Å². The Morgan fingerprint density at radius 2 is 1.90 bits per heavy atom. The van der Waals surface area contributed by atoms with Crippen molar-refractivity contribution in [3.05, 3.63) is 17.1 Å². The highest BCUT2D eigenvalue weighted by Gasteiger charge is 2.25. The minimum atomic E-state index is -0.924. The van der Waals surface area contributed by atoms with Crippen LogP contribution in [-0.4, -0.2) is 26.3 Å². The van der Waals surface area contributed by atoms with Gasteiger partial charge in [-0.25, -0.2) is 14.8 Å². The molecule has 2 rings (SSSR count). The van der Waals surface area contributed by atoms with E-state index in [1.165, 1.54) is 19.3 Å². The number of carboxylic acid groups (broad SMARTS) is 1. The minimum Gasteiger partial charge on any atom is -0.478 e. The van der Waals surface area contributed by atoms with E-state index in [0.717, 1.165) is 18.8 Å². The van der Waals surface area contributed by atoms with E-state index in [0.29, 0.717) is 21.8 Å². The summed E-state index contributed by atoms with van der Waals surface area (Å²) in [4.78, 5) is 19.9. The molecule has 1 heterocycles. The second-order valence-electron chi connectivity index (χ2n) is 5.51. The van der Waals surface area contributed by atoms with Gasteiger partial charge in [-0.15, -0.1) is 11.8 Å². The van der Waals surface area contributed by atoms with E-state index in [-0.39, 0.29) is 5.56 Å². The second-order valence-corrected chi connectivity index (χ2v) is 6.80. The number of aromatic carboxylic acids is 1. The number of carbonyl (C=O) groups is 1. The molecule has 1 aliphatic carbocycles. The van der Waals surface area contributed by atoms with Crippen LogP contribution in [-0.2, 0) is 0 Å². The molecule has 1 N–H and O–H groups in total. The number of nitrogens with zero attached hydrogens (tertiary/aromatic N) is 2. The second kappa shape index (κ2) is 6.57. The first kappa shape index (κ1) is 15.3. The highest BCUT2D eigenvalue weighted by atomic mass is 32.2. The highest BCUT2D eigenvalue weighted by Crippen LogP contribution is 2.37. The fourth-order valence-electron chi connectivity index (χ4n) is 2.83. The van der Waals surface area contributed by atoms with Crippen molar-refractivity contribution in [2.45, 2.75) is 63.2 Å². The first-order valence-electron chi connectivity index (χ1n) is 7.26. The molecule has 1 saturated carbocycles. The number of thioether (sulfide) groups is 1. The zero-order chi connectivity index (χ0) is 14.7. The predicted molar refractivity (Wildman–Crippen MR) is 80.4 cm³/mol. The maximum absolute atomic E-state index is 11.4. The van der Waals surface area contributed by atoms with Gasteiger partial charge < -0.3 is 5.11 Å². The Morgan fingerprint density at radius 1 is 1.25 bits per heavy atom. The van der Waals surface area contributed by atoms with Gasteiger partial charge in [-0.2, -0.15) is 0 Å². The highest BCUT2D eigenvalue weighted by molar-refractivity contribution is 7.99. The number of carboxylic acids is 1. The molecule has 0 spiro atoms. The van der Waals surface area contributed by atoms with E-state index in [4.69, 9.17) is 0 Å². The molecule has 0 radical (unpaired) electrons. The molecule has 0 unspecified atom stereocenters. The molecule has 0 aromatic carbocycles. The summed E-state index contributed by atoms with van der Waals surface area (Å²) in [6.07, 6.45) is 6.07. The Labute approximate surface area is 124 Å². The lowest BCUT2D eigenvalue weighted by molar-refractivity contribution is 0.0690. The van der Waals surface area contributed by atoms with Crippen LogP contribution in [0.2, 0.25) is 0 Å². The molecule has 1 aliphatic rings. The monoisotopic (exact) mass is 294 g/mol. The normalized spacial score (nSPS) is 22.8. The van der Waals surface area contributed by atoms with Crippen LogP contribution in [0.3, 0.4) is 0 Å². The van der Waals surface area contributed by atoms with E-state index in [2.05, 4.69) is 16.9 Å². The zero-order valence-electron chi connectivity index (χ0n) is 12.3. The first-order chi connectivity index (χ1) is 9.51. The molecular weight excluding hydrogens is 272 g/mol. The average molecular weight is 294 g/mol. The molecule has 0 aliphatic heterocycles. The van der Waals surface area contributed by atoms with Crippen molar-refractivity contribution < 1.29 is 9.90 Å². The number of hydrogen-bond acceptors (Lipinski definition) is 4. The van der Waals surface area contributed by atoms with Gasteiger partial charge in [0, 0.05) is 5.25 Å². The molecule has 4 nitrogen and oxygen atoms in total. The molecule has 0 saturated heterocycles. The Morgan fingerprint density at radius 3 is 2.45 bits per heavy atom. The van der Waals surface area contributed by atoms with Gasteiger partial charge in [0.15, 0.2) is 0 Å². The fraction of sp³-hybridized carbons (Fsp3) is 0.667. The topological polar surface area (TPSA) is 63.1 Å². The maximum atomic E-state index is 11.4. The molecule has 1 fully saturated rings. The largest absolute Gasteiger partial charge is 0.478 e. The lowest BCUT2D eigenvalue weighted by Gasteiger charge is -2.27. The van der Waals surface area contributed by atoms with Gasteiger partial charge in [0.05, 0.1) is 5.69 Å². The molecule has 110 valence electrons. The summed E-state index contributed by atoms with van der Waals surface area (Å²) in [6.45, 7) is 5.81. The van der Waals surface area contributed by atoms with Crippen LogP contribution >= 0.6 is 11.8 Å². The Kier molecular flexibility index (Phi) is 5.02. The number of aryl methyl sites for hydroxylation is 2. The van der Waals surface area contributed by atoms with Gasteiger partial charge in [0.25, 0.3) is 0 Å². The molecule has 0 bridgehead atoms. The summed E-state index contributed by atoms with van der Waals surface area (Å²) < 4.78 is 0. The summed E-state index contributed by atoms with van der Waals surface area (Å²) in [5.41, 5.74) is 0.841. The van der Waals surface area contributed by atoms with E-state index < -0.39 is 5.97 Å². The van der Waals surface area contributed by atoms with E-state index >= 15 is 0 Å². The summed E-state index contributed by atoms with van der Waals surface area (Å²) in [5, 5.41) is 10.5. The zero-order valence-corrected chi connectivity index (χ0v) is 13.2. The fourth-order valence-corrected chi connectivity index (χ4v) is 4.19. The van der Waals surface area contributed by atoms with Gasteiger partial charge in [0.2, 0.25) is 0 Å². The lowest BCUT2D eigenvalue weighted by atomic mass is 9.87. The lowest BCUT2D eigenvalue weighted by Crippen LogP contribution is -2.17. The van der Waals surface area contributed by atoms with Crippen LogP contribution in [0.1, 0.15) is 60.9 Å². The Hall–Kier alpha value is -1.10. The van der Waals surface area contributed by atoms with Crippen molar-refractivity contribution in [2.24, 2.45) is 5.92 Å². The first-order valence-corrected chi connectivity index (χ1v) is 8.14. The van der Waals surface area contributed by atoms with Crippen LogP contribution in [0, 0.1) is 19.8 Å². The summed E-state index contributed by atoms with van der Waals surface area (Å²) >= 11 is 1.63. The number of rotatable bonds is 4. The molecule has 5 heteroatoms. The number of hydrogen-bond donors (Lipinski definition) is 1. The van der Waals surface area contributed by atoms with Gasteiger partial charge in [-0.05, 0) is 45.4 Å². The van der Waals surface area contributed by atoms with Gasteiger partial charge in [0.1, 0.15) is 16.4 Å². The van der Waals surface area contributed by atoms with E-state index in [1.807, 2.05) is 6.92 Å². The minimum absolute atomic E-state index is 0.276. The summed E-state index contributed by atoms with van der Waals surface area (Å²) in [5.74, 6) is 0.573. The van der Waals surface area contributed by atoms with Crippen molar-refractivity contribution in [3.63, 3.8) is 0 Å². The Balaban J connectivity index is 2.15. The average Bonchev–Trinajstić information content (AvgIpc) is 2.38. The van der Waals surface area contributed by atoms with Crippen molar-refractivity contribution in [1.82, 2.24) is 9.97 Å². The van der Waals surface area contributed by atoms with Crippen molar-refractivity contribution in [1.29, 1.82) is 0 Å². The van der Waals surface area contributed by atoms with E-state index in [1.54, 1.807) is 18.7 Å². The van der Waals surface area contributed by atoms with Gasteiger partial charge in [-0.1, -0.05) is 13.3 Å². The van der Waals surface area contributed by atoms with Crippen molar-refractivity contribution in [3.8, 4) is 0 Å². The molecular formula is C15H22N2O2S. The van der Waals surface area contributed by atoms with Crippen LogP contribution < -0.4 is 0 Å². The molecule has 1 aromatic rings. The molecule has 0 amide bonds. The molecule has 1 aromatic heterocycles. The third-order valence-corrected chi connectivity index (χ3v) is 5.36. The predicted octanol–water partition coefficient (Wildman–Crippen LogP) is 3.85. The van der Waals surface area contributed by atoms with Crippen LogP contribution in [0.15, 0.2) is 5.03 Å². The van der Waals surface area contributed by atoms with Crippen LogP contribution in [0.5, 0.6) is 0 Å². The van der Waals surface area contributed by atoms with Gasteiger partial charge >= 0.3 is 5.97 Å².